The van der Waals surface area contributed by atoms with Crippen molar-refractivity contribution in [1.29, 1.82) is 0 Å². The van der Waals surface area contributed by atoms with Crippen LogP contribution in [0.2, 0.25) is 0 Å². The summed E-state index contributed by atoms with van der Waals surface area (Å²) in [4.78, 5) is 3.38. The minimum atomic E-state index is 1.21. The number of fused-ring (bicyclic) bond motifs is 3. The van der Waals surface area contributed by atoms with Gasteiger partial charge in [0, 0.05) is 21.8 Å². The van der Waals surface area contributed by atoms with E-state index in [0.717, 1.165) is 0 Å². The second-order valence-electron chi connectivity index (χ2n) is 3.22. The molecule has 0 aliphatic heterocycles. The number of hydrogen-bond donors (Lipinski definition) is 1. The van der Waals surface area contributed by atoms with Gasteiger partial charge in [-0.2, -0.15) is 0 Å². The molecule has 76 valence electrons. The van der Waals surface area contributed by atoms with E-state index < -0.39 is 0 Å². The molecule has 0 unspecified atom stereocenters. The third-order valence-corrected chi connectivity index (χ3v) is 2.41. The Bertz CT molecular complexity index is 521. The molecule has 1 nitrogen and oxygen atoms in total. The zero-order chi connectivity index (χ0) is 10.7. The lowest BCUT2D eigenvalue weighted by molar-refractivity contribution is 1.55. The van der Waals surface area contributed by atoms with Crippen LogP contribution < -0.4 is 0 Å². The van der Waals surface area contributed by atoms with E-state index in [1.165, 1.54) is 41.3 Å². The van der Waals surface area contributed by atoms with Crippen LogP contribution in [-0.2, 0) is 0 Å². The Morgan fingerprint density at radius 1 is 0.667 bits per heavy atom. The Morgan fingerprint density at radius 3 is 1.53 bits per heavy atom. The maximum atomic E-state index is 3.38. The van der Waals surface area contributed by atoms with Gasteiger partial charge >= 0.3 is 0 Å². The second-order valence-corrected chi connectivity index (χ2v) is 3.22. The first-order valence-electron chi connectivity index (χ1n) is 5.40. The van der Waals surface area contributed by atoms with Crippen molar-refractivity contribution in [3.63, 3.8) is 0 Å². The molecule has 0 saturated carbocycles. The van der Waals surface area contributed by atoms with Crippen molar-refractivity contribution in [2.45, 2.75) is 0 Å². The average Bonchev–Trinajstić information content (AvgIpc) is 2.70. The zero-order valence-electron chi connectivity index (χ0n) is 9.12. The summed E-state index contributed by atoms with van der Waals surface area (Å²) in [6.07, 6.45) is 0. The number of aromatic amines is 1. The monoisotopic (exact) mass is 229 g/mol. The van der Waals surface area contributed by atoms with E-state index in [0.29, 0.717) is 0 Å². The van der Waals surface area contributed by atoms with Crippen molar-refractivity contribution < 1.29 is 0 Å². The lowest BCUT2D eigenvalue weighted by Crippen LogP contribution is -1.62. The van der Waals surface area contributed by atoms with E-state index in [9.17, 15) is 0 Å². The first-order valence-corrected chi connectivity index (χ1v) is 13.4. The van der Waals surface area contributed by atoms with Crippen LogP contribution in [0.5, 0.6) is 0 Å². The number of nitrogens with one attached hydrogen (secondary N) is 1. The van der Waals surface area contributed by atoms with Gasteiger partial charge in [0.2, 0.25) is 0 Å². The van der Waals surface area contributed by atoms with Crippen LogP contribution in [0, 0.1) is 0 Å². The molecule has 3 aromatic rings. The maximum absolute atomic E-state index is 3.38. The minimum Gasteiger partial charge on any atom is -0.355 e. The highest BCUT2D eigenvalue weighted by atomic mass is 29.1. The van der Waals surface area contributed by atoms with Gasteiger partial charge in [0.1, 0.15) is 0 Å². The molecule has 0 saturated heterocycles. The van der Waals surface area contributed by atoms with Gasteiger partial charge < -0.3 is 4.98 Å². The van der Waals surface area contributed by atoms with Crippen LogP contribution in [0.15, 0.2) is 48.5 Å². The number of rotatable bonds is 0. The van der Waals surface area contributed by atoms with Gasteiger partial charge in [-0.1, -0.05) is 36.4 Å². The molecule has 0 atom stereocenters. The SMILES string of the molecule is [SiH3][SiH3].c1ccc2c(c1)[nH]c1ccccc12. The van der Waals surface area contributed by atoms with Gasteiger partial charge in [-0.25, -0.2) is 0 Å². The average molecular weight is 229 g/mol. The summed E-state index contributed by atoms with van der Waals surface area (Å²) in [5, 5.41) is 2.61. The predicted octanol–water partition coefficient (Wildman–Crippen LogP) is 0.953. The van der Waals surface area contributed by atoms with Gasteiger partial charge in [-0.05, 0) is 31.7 Å². The van der Waals surface area contributed by atoms with E-state index in [-0.39, 0.29) is 0 Å². The minimum absolute atomic E-state index is 1.21. The topological polar surface area (TPSA) is 15.8 Å². The third kappa shape index (κ3) is 1.76. The standard InChI is InChI=1S/C12H9N.H6Si2/c1-3-7-11-9(5-1)10-6-2-4-8-12(10)13-11;1-2/h1-8,13H;1-2H3. The molecule has 1 N–H and O–H groups in total. The molecule has 0 fully saturated rings. The van der Waals surface area contributed by atoms with Gasteiger partial charge in [-0.3, -0.25) is 0 Å². The first-order chi connectivity index (χ1) is 7.45. The van der Waals surface area contributed by atoms with Crippen molar-refractivity contribution in [3.8, 4) is 0 Å². The number of aromatic nitrogens is 1. The number of para-hydroxylation sites is 2. The molecule has 0 aliphatic rings. The number of H-pyrrole nitrogens is 1. The van der Waals surface area contributed by atoms with Gasteiger partial charge in [0.25, 0.3) is 0 Å². The lowest BCUT2D eigenvalue weighted by atomic mass is 10.2. The summed E-state index contributed by atoms with van der Waals surface area (Å²) in [5.41, 5.74) is 2.42. The molecular weight excluding hydrogens is 214 g/mol. The summed E-state index contributed by atoms with van der Waals surface area (Å²) in [6.45, 7) is 0. The van der Waals surface area contributed by atoms with Gasteiger partial charge in [0.15, 0.2) is 0 Å². The van der Waals surface area contributed by atoms with Gasteiger partial charge in [-0.15, -0.1) is 0 Å². The smallest absolute Gasteiger partial charge is 0.0464 e. The molecule has 0 spiro atoms. The summed E-state index contributed by atoms with van der Waals surface area (Å²) < 4.78 is 0. The quantitative estimate of drug-likeness (QED) is 0.553. The Hall–Kier alpha value is -1.33. The predicted molar refractivity (Wildman–Crippen MR) is 75.7 cm³/mol. The van der Waals surface area contributed by atoms with Crippen LogP contribution in [0.3, 0.4) is 0 Å². The summed E-state index contributed by atoms with van der Waals surface area (Å²) in [5.74, 6) is 0. The fraction of sp³-hybridized carbons (Fsp3) is 0. The molecule has 15 heavy (non-hydrogen) atoms. The molecular formula is C12H15NSi2. The molecule has 1 heterocycles. The molecule has 1 aromatic heterocycles. The normalized spacial score (nSPS) is 10.4. The summed E-state index contributed by atoms with van der Waals surface area (Å²) >= 11 is 0. The van der Waals surface area contributed by atoms with Crippen LogP contribution in [0.4, 0.5) is 0 Å². The van der Waals surface area contributed by atoms with Crippen molar-refractivity contribution in [2.24, 2.45) is 0 Å². The molecule has 0 bridgehead atoms. The van der Waals surface area contributed by atoms with Crippen LogP contribution >= 0.6 is 0 Å². The first kappa shape index (κ1) is 10.2. The molecule has 0 amide bonds. The van der Waals surface area contributed by atoms with Gasteiger partial charge in [0.05, 0.1) is 0 Å². The Labute approximate surface area is 95.1 Å². The number of hydrogen-bond acceptors (Lipinski definition) is 0. The van der Waals surface area contributed by atoms with E-state index in [2.05, 4.69) is 53.5 Å². The Kier molecular flexibility index (Phi) is 3.03. The van der Waals surface area contributed by atoms with E-state index in [1.54, 1.807) is 0 Å². The largest absolute Gasteiger partial charge is 0.355 e. The second kappa shape index (κ2) is 4.46. The molecule has 0 radical (unpaired) electrons. The Morgan fingerprint density at radius 2 is 1.07 bits per heavy atom. The van der Waals surface area contributed by atoms with E-state index in [1.807, 2.05) is 0 Å². The van der Waals surface area contributed by atoms with E-state index in [4.69, 9.17) is 0 Å². The van der Waals surface area contributed by atoms with Crippen molar-refractivity contribution in [3.05, 3.63) is 48.5 Å². The third-order valence-electron chi connectivity index (χ3n) is 2.41. The molecule has 3 heteroatoms. The van der Waals surface area contributed by atoms with Crippen molar-refractivity contribution >= 4 is 41.3 Å². The Balaban J connectivity index is 0.000000404. The van der Waals surface area contributed by atoms with E-state index >= 15 is 0 Å². The fourth-order valence-corrected chi connectivity index (χ4v) is 1.80. The zero-order valence-corrected chi connectivity index (χ0v) is 13.1. The number of benzene rings is 2. The highest BCUT2D eigenvalue weighted by molar-refractivity contribution is 6.75. The molecule has 3 rings (SSSR count). The summed E-state index contributed by atoms with van der Waals surface area (Å²) in [6, 6.07) is 16.8. The van der Waals surface area contributed by atoms with Crippen molar-refractivity contribution in [1.82, 2.24) is 4.98 Å². The van der Waals surface area contributed by atoms with Crippen LogP contribution in [-0.4, -0.2) is 24.5 Å². The summed E-state index contributed by atoms with van der Waals surface area (Å²) in [7, 11) is 2.89. The highest BCUT2D eigenvalue weighted by Gasteiger charge is 2.00. The maximum Gasteiger partial charge on any atom is 0.0464 e. The van der Waals surface area contributed by atoms with Crippen molar-refractivity contribution in [2.75, 3.05) is 0 Å². The lowest BCUT2D eigenvalue weighted by Gasteiger charge is -1.87. The highest BCUT2D eigenvalue weighted by Crippen LogP contribution is 2.24. The molecule has 0 aliphatic carbocycles. The van der Waals surface area contributed by atoms with Crippen LogP contribution in [0.25, 0.3) is 21.8 Å². The van der Waals surface area contributed by atoms with Crippen LogP contribution in [0.1, 0.15) is 0 Å². The fourth-order valence-electron chi connectivity index (χ4n) is 1.80. The molecule has 2 aromatic carbocycles.